The van der Waals surface area contributed by atoms with E-state index in [1.165, 1.54) is 23.3 Å². The molecule has 4 heteroatoms. The van der Waals surface area contributed by atoms with Crippen LogP contribution in [0.3, 0.4) is 0 Å². The molecule has 122 valence electrons. The lowest BCUT2D eigenvalue weighted by atomic mass is 10.1. The molecule has 1 N–H and O–H groups in total. The van der Waals surface area contributed by atoms with Crippen molar-refractivity contribution in [2.75, 3.05) is 12.3 Å². The minimum atomic E-state index is -0.246. The van der Waals surface area contributed by atoms with Crippen LogP contribution < -0.4 is 5.32 Å². The van der Waals surface area contributed by atoms with Gasteiger partial charge in [-0.1, -0.05) is 42.0 Å². The van der Waals surface area contributed by atoms with E-state index in [1.807, 2.05) is 11.8 Å². The molecule has 2 nitrogen and oxygen atoms in total. The van der Waals surface area contributed by atoms with Gasteiger partial charge in [-0.05, 0) is 36.6 Å². The number of nitrogens with one attached hydrogen (secondary N) is 1. The van der Waals surface area contributed by atoms with Crippen LogP contribution >= 0.6 is 11.8 Å². The highest BCUT2D eigenvalue weighted by molar-refractivity contribution is 7.98. The van der Waals surface area contributed by atoms with E-state index in [0.717, 1.165) is 17.1 Å². The minimum Gasteiger partial charge on any atom is -0.355 e. The summed E-state index contributed by atoms with van der Waals surface area (Å²) in [7, 11) is 0. The number of carbonyl (C=O) groups is 1. The lowest BCUT2D eigenvalue weighted by Gasteiger charge is -2.06. The van der Waals surface area contributed by atoms with Crippen molar-refractivity contribution in [1.29, 1.82) is 0 Å². The number of thioether (sulfide) groups is 1. The molecule has 0 aromatic heterocycles. The standard InChI is InChI=1S/C19H22FNOS/c1-15-3-2-4-17(13-15)14-23-12-11-21-19(22)10-7-16-5-8-18(20)9-6-16/h2-6,8-9,13H,7,10-12,14H2,1H3,(H,21,22). The Morgan fingerprint density at radius 1 is 1.13 bits per heavy atom. The van der Waals surface area contributed by atoms with E-state index in [4.69, 9.17) is 0 Å². The molecule has 0 spiro atoms. The molecule has 0 saturated heterocycles. The molecular formula is C19H22FNOS. The van der Waals surface area contributed by atoms with Crippen molar-refractivity contribution < 1.29 is 9.18 Å². The first-order valence-corrected chi connectivity index (χ1v) is 8.93. The molecule has 0 bridgehead atoms. The highest BCUT2D eigenvalue weighted by Crippen LogP contribution is 2.12. The summed E-state index contributed by atoms with van der Waals surface area (Å²) in [4.78, 5) is 11.8. The molecule has 0 atom stereocenters. The summed E-state index contributed by atoms with van der Waals surface area (Å²) >= 11 is 1.82. The molecule has 0 fully saturated rings. The zero-order valence-corrected chi connectivity index (χ0v) is 14.2. The minimum absolute atomic E-state index is 0.0467. The van der Waals surface area contributed by atoms with Crippen LogP contribution in [0.1, 0.15) is 23.1 Å². The third kappa shape index (κ3) is 6.87. The molecule has 0 aliphatic heterocycles. The lowest BCUT2D eigenvalue weighted by Crippen LogP contribution is -2.25. The van der Waals surface area contributed by atoms with Gasteiger partial charge >= 0.3 is 0 Å². The van der Waals surface area contributed by atoms with Gasteiger partial charge in [-0.2, -0.15) is 11.8 Å². The predicted molar refractivity (Wildman–Crippen MR) is 95.1 cm³/mol. The zero-order valence-electron chi connectivity index (χ0n) is 13.3. The van der Waals surface area contributed by atoms with Crippen LogP contribution in [0, 0.1) is 12.7 Å². The summed E-state index contributed by atoms with van der Waals surface area (Å²) in [6.07, 6.45) is 1.08. The van der Waals surface area contributed by atoms with Crippen LogP contribution in [-0.2, 0) is 17.0 Å². The Morgan fingerprint density at radius 2 is 1.91 bits per heavy atom. The molecule has 2 aromatic rings. The molecule has 2 aromatic carbocycles. The molecule has 0 saturated carbocycles. The summed E-state index contributed by atoms with van der Waals surface area (Å²) in [5.74, 6) is 1.66. The van der Waals surface area contributed by atoms with Gasteiger partial charge in [-0.3, -0.25) is 4.79 Å². The quantitative estimate of drug-likeness (QED) is 0.737. The Labute approximate surface area is 141 Å². The van der Waals surface area contributed by atoms with Crippen LogP contribution in [0.15, 0.2) is 48.5 Å². The monoisotopic (exact) mass is 331 g/mol. The number of benzene rings is 2. The first-order valence-electron chi connectivity index (χ1n) is 7.78. The summed E-state index contributed by atoms with van der Waals surface area (Å²) in [5, 5.41) is 2.93. The summed E-state index contributed by atoms with van der Waals surface area (Å²) in [5.41, 5.74) is 3.57. The molecule has 0 unspecified atom stereocenters. The first kappa shape index (κ1) is 17.5. The number of rotatable bonds is 8. The molecular weight excluding hydrogens is 309 g/mol. The molecule has 2 rings (SSSR count). The van der Waals surface area contributed by atoms with Crippen molar-refractivity contribution in [3.8, 4) is 0 Å². The second-order valence-corrected chi connectivity index (χ2v) is 6.62. The number of hydrogen-bond donors (Lipinski definition) is 1. The predicted octanol–water partition coefficient (Wildman–Crippen LogP) is 4.12. The normalized spacial score (nSPS) is 10.5. The first-order chi connectivity index (χ1) is 11.1. The fraction of sp³-hybridized carbons (Fsp3) is 0.316. The van der Waals surface area contributed by atoms with Crippen LogP contribution in [0.5, 0.6) is 0 Å². The number of aryl methyl sites for hydroxylation is 2. The van der Waals surface area contributed by atoms with Crippen molar-refractivity contribution in [1.82, 2.24) is 5.32 Å². The maximum Gasteiger partial charge on any atom is 0.220 e. The Balaban J connectivity index is 1.57. The van der Waals surface area contributed by atoms with Gasteiger partial charge in [-0.25, -0.2) is 4.39 Å². The molecule has 0 aliphatic rings. The average Bonchev–Trinajstić information content (AvgIpc) is 2.54. The molecule has 0 aliphatic carbocycles. The lowest BCUT2D eigenvalue weighted by molar-refractivity contribution is -0.120. The molecule has 0 radical (unpaired) electrons. The van der Waals surface area contributed by atoms with E-state index in [1.54, 1.807) is 12.1 Å². The third-order valence-corrected chi connectivity index (χ3v) is 4.50. The Hall–Kier alpha value is -1.81. The molecule has 23 heavy (non-hydrogen) atoms. The Morgan fingerprint density at radius 3 is 2.65 bits per heavy atom. The smallest absolute Gasteiger partial charge is 0.220 e. The third-order valence-electron chi connectivity index (χ3n) is 3.47. The van der Waals surface area contributed by atoms with Crippen molar-refractivity contribution in [2.24, 2.45) is 0 Å². The van der Waals surface area contributed by atoms with Gasteiger partial charge in [0, 0.05) is 24.5 Å². The number of hydrogen-bond acceptors (Lipinski definition) is 2. The van der Waals surface area contributed by atoms with E-state index >= 15 is 0 Å². The highest BCUT2D eigenvalue weighted by atomic mass is 32.2. The second-order valence-electron chi connectivity index (χ2n) is 5.52. The fourth-order valence-electron chi connectivity index (χ4n) is 2.25. The summed E-state index contributed by atoms with van der Waals surface area (Å²) in [6.45, 7) is 2.77. The SMILES string of the molecule is Cc1cccc(CSCCNC(=O)CCc2ccc(F)cc2)c1. The number of amides is 1. The van der Waals surface area contributed by atoms with Gasteiger partial charge < -0.3 is 5.32 Å². The Bertz CT molecular complexity index is 628. The van der Waals surface area contributed by atoms with Gasteiger partial charge in [0.05, 0.1) is 0 Å². The van der Waals surface area contributed by atoms with E-state index in [0.29, 0.717) is 19.4 Å². The van der Waals surface area contributed by atoms with E-state index in [2.05, 4.69) is 36.5 Å². The van der Waals surface area contributed by atoms with E-state index in [-0.39, 0.29) is 11.7 Å². The van der Waals surface area contributed by atoms with Crippen LogP contribution in [0.4, 0.5) is 4.39 Å². The van der Waals surface area contributed by atoms with Gasteiger partial charge in [0.15, 0.2) is 0 Å². The van der Waals surface area contributed by atoms with Crippen molar-refractivity contribution in [3.63, 3.8) is 0 Å². The van der Waals surface area contributed by atoms with Crippen molar-refractivity contribution in [3.05, 3.63) is 71.0 Å². The Kier molecular flexibility index (Phi) is 7.14. The van der Waals surface area contributed by atoms with Crippen LogP contribution in [0.25, 0.3) is 0 Å². The van der Waals surface area contributed by atoms with Crippen LogP contribution in [0.2, 0.25) is 0 Å². The topological polar surface area (TPSA) is 29.1 Å². The van der Waals surface area contributed by atoms with Crippen molar-refractivity contribution >= 4 is 17.7 Å². The highest BCUT2D eigenvalue weighted by Gasteiger charge is 2.02. The van der Waals surface area contributed by atoms with E-state index in [9.17, 15) is 9.18 Å². The molecule has 1 amide bonds. The number of carbonyl (C=O) groups excluding carboxylic acids is 1. The maximum atomic E-state index is 12.8. The van der Waals surface area contributed by atoms with Gasteiger partial charge in [0.2, 0.25) is 5.91 Å². The summed E-state index contributed by atoms with van der Waals surface area (Å²) < 4.78 is 12.8. The van der Waals surface area contributed by atoms with Gasteiger partial charge in [0.25, 0.3) is 0 Å². The van der Waals surface area contributed by atoms with Crippen molar-refractivity contribution in [2.45, 2.75) is 25.5 Å². The zero-order chi connectivity index (χ0) is 16.5. The van der Waals surface area contributed by atoms with Gasteiger partial charge in [0.1, 0.15) is 5.82 Å². The van der Waals surface area contributed by atoms with Gasteiger partial charge in [-0.15, -0.1) is 0 Å². The fourth-order valence-corrected chi connectivity index (χ4v) is 3.06. The van der Waals surface area contributed by atoms with E-state index < -0.39 is 0 Å². The number of halogens is 1. The summed E-state index contributed by atoms with van der Waals surface area (Å²) in [6, 6.07) is 14.8. The maximum absolute atomic E-state index is 12.8. The largest absolute Gasteiger partial charge is 0.355 e. The molecule has 0 heterocycles. The average molecular weight is 331 g/mol. The van der Waals surface area contributed by atoms with Crippen LogP contribution in [-0.4, -0.2) is 18.2 Å². The second kappa shape index (κ2) is 9.36.